The molecule has 3 rings (SSSR count). The lowest BCUT2D eigenvalue weighted by molar-refractivity contribution is -0.158. The van der Waals surface area contributed by atoms with Crippen molar-refractivity contribution in [3.8, 4) is 5.75 Å². The predicted octanol–water partition coefficient (Wildman–Crippen LogP) is 5.32. The molecule has 200 valence electrons. The average Bonchev–Trinajstić information content (AvgIpc) is 3.18. The Morgan fingerprint density at radius 3 is 2.49 bits per heavy atom. The first-order valence-electron chi connectivity index (χ1n) is 12.9. The van der Waals surface area contributed by atoms with Gasteiger partial charge in [0, 0.05) is 25.2 Å². The van der Waals surface area contributed by atoms with Crippen LogP contribution in [0.2, 0.25) is 0 Å². The lowest BCUT2D eigenvalue weighted by Gasteiger charge is -2.25. The molecular weight excluding hydrogens is 466 g/mol. The summed E-state index contributed by atoms with van der Waals surface area (Å²) in [5, 5.41) is 7.56. The number of ether oxygens (including phenoxy) is 2. The van der Waals surface area contributed by atoms with E-state index in [-0.39, 0.29) is 23.7 Å². The van der Waals surface area contributed by atoms with Crippen molar-refractivity contribution < 1.29 is 19.1 Å². The SMILES string of the molecule is CCOC(=O)C(C)(C)Oc1ccc(CNC(=O)Cc2cc(C3C=CC(C(C)(C)C)=CC3)n(C)n2)cc1C. The molecule has 0 saturated carbocycles. The maximum Gasteiger partial charge on any atom is 0.349 e. The van der Waals surface area contributed by atoms with Gasteiger partial charge < -0.3 is 14.8 Å². The molecule has 0 aliphatic heterocycles. The molecule has 1 N–H and O–H groups in total. The van der Waals surface area contributed by atoms with Crippen LogP contribution in [-0.4, -0.2) is 33.9 Å². The van der Waals surface area contributed by atoms with Gasteiger partial charge >= 0.3 is 5.97 Å². The van der Waals surface area contributed by atoms with Gasteiger partial charge in [-0.05, 0) is 68.4 Å². The molecule has 2 aromatic rings. The molecule has 0 bridgehead atoms. The van der Waals surface area contributed by atoms with Crippen molar-refractivity contribution >= 4 is 11.9 Å². The van der Waals surface area contributed by atoms with Crippen LogP contribution in [-0.2, 0) is 34.3 Å². The van der Waals surface area contributed by atoms with Crippen molar-refractivity contribution in [2.45, 2.75) is 79.4 Å². The lowest BCUT2D eigenvalue weighted by atomic mass is 9.81. The number of carbonyl (C=O) groups is 2. The van der Waals surface area contributed by atoms with E-state index < -0.39 is 11.6 Å². The van der Waals surface area contributed by atoms with E-state index in [0.29, 0.717) is 18.9 Å². The number of nitrogens with one attached hydrogen (secondary N) is 1. The highest BCUT2D eigenvalue weighted by Crippen LogP contribution is 2.34. The van der Waals surface area contributed by atoms with E-state index in [1.54, 1.807) is 20.8 Å². The number of nitrogens with zero attached hydrogens (tertiary/aromatic N) is 2. The number of aryl methyl sites for hydroxylation is 2. The molecule has 1 atom stereocenters. The highest BCUT2D eigenvalue weighted by atomic mass is 16.6. The van der Waals surface area contributed by atoms with E-state index in [4.69, 9.17) is 9.47 Å². The monoisotopic (exact) mass is 507 g/mol. The molecule has 1 aliphatic rings. The van der Waals surface area contributed by atoms with Crippen molar-refractivity contribution in [2.24, 2.45) is 12.5 Å². The maximum atomic E-state index is 12.7. The van der Waals surface area contributed by atoms with Crippen LogP contribution in [0.15, 0.2) is 48.1 Å². The molecule has 1 unspecified atom stereocenters. The van der Waals surface area contributed by atoms with Gasteiger partial charge in [-0.25, -0.2) is 4.79 Å². The van der Waals surface area contributed by atoms with Gasteiger partial charge in [0.2, 0.25) is 5.91 Å². The molecule has 37 heavy (non-hydrogen) atoms. The summed E-state index contributed by atoms with van der Waals surface area (Å²) in [5.74, 6) is 0.377. The number of hydrogen-bond acceptors (Lipinski definition) is 5. The molecule has 1 amide bonds. The van der Waals surface area contributed by atoms with Crippen molar-refractivity contribution in [3.63, 3.8) is 0 Å². The van der Waals surface area contributed by atoms with E-state index in [1.165, 1.54) is 5.57 Å². The molecule has 1 aliphatic carbocycles. The van der Waals surface area contributed by atoms with Crippen molar-refractivity contribution in [1.82, 2.24) is 15.1 Å². The number of amides is 1. The number of carbonyl (C=O) groups excluding carboxylic acids is 2. The molecule has 0 spiro atoms. The Balaban J connectivity index is 1.55. The first-order valence-corrected chi connectivity index (χ1v) is 12.9. The maximum absolute atomic E-state index is 12.7. The highest BCUT2D eigenvalue weighted by Gasteiger charge is 2.32. The van der Waals surface area contributed by atoms with E-state index in [1.807, 2.05) is 42.9 Å². The molecule has 1 aromatic carbocycles. The standard InChI is InChI=1S/C30H41N3O4/c1-9-36-28(35)30(6,7)37-26-15-10-21(16-20(26)2)19-31-27(34)18-24-17-25(33(8)32-24)22-11-13-23(14-12-22)29(3,4)5/h10-11,13-17,22H,9,12,18-19H2,1-8H3,(H,31,34). The summed E-state index contributed by atoms with van der Waals surface area (Å²) in [5.41, 5.74) is 4.10. The van der Waals surface area contributed by atoms with Gasteiger partial charge in [-0.2, -0.15) is 5.10 Å². The van der Waals surface area contributed by atoms with Crippen LogP contribution < -0.4 is 10.1 Å². The summed E-state index contributed by atoms with van der Waals surface area (Å²) in [6.07, 6.45) is 7.92. The van der Waals surface area contributed by atoms with Crippen LogP contribution in [0, 0.1) is 12.3 Å². The fraction of sp³-hybridized carbons (Fsp3) is 0.500. The lowest BCUT2D eigenvalue weighted by Crippen LogP contribution is -2.39. The molecule has 7 heteroatoms. The number of rotatable bonds is 9. The van der Waals surface area contributed by atoms with Gasteiger partial charge in [-0.1, -0.05) is 51.1 Å². The second-order valence-electron chi connectivity index (χ2n) is 11.2. The number of hydrogen-bond donors (Lipinski definition) is 1. The Bertz CT molecular complexity index is 1200. The quantitative estimate of drug-likeness (QED) is 0.464. The average molecular weight is 508 g/mol. The van der Waals surface area contributed by atoms with Crippen molar-refractivity contribution in [1.29, 1.82) is 0 Å². The molecule has 0 fully saturated rings. The fourth-order valence-electron chi connectivity index (χ4n) is 4.36. The molecule has 0 radical (unpaired) electrons. The van der Waals surface area contributed by atoms with E-state index >= 15 is 0 Å². The zero-order chi connectivity index (χ0) is 27.4. The summed E-state index contributed by atoms with van der Waals surface area (Å²) < 4.78 is 12.9. The van der Waals surface area contributed by atoms with Crippen LogP contribution in [0.3, 0.4) is 0 Å². The Kier molecular flexibility index (Phi) is 8.67. The molecular formula is C30H41N3O4. The third kappa shape index (κ3) is 7.34. The van der Waals surface area contributed by atoms with Crippen LogP contribution in [0.4, 0.5) is 0 Å². The minimum absolute atomic E-state index is 0.0832. The predicted molar refractivity (Wildman–Crippen MR) is 145 cm³/mol. The first kappa shape index (κ1) is 28.2. The highest BCUT2D eigenvalue weighted by molar-refractivity contribution is 5.79. The third-order valence-electron chi connectivity index (χ3n) is 6.52. The smallest absolute Gasteiger partial charge is 0.349 e. The number of esters is 1. The van der Waals surface area contributed by atoms with E-state index in [9.17, 15) is 9.59 Å². The summed E-state index contributed by atoms with van der Waals surface area (Å²) in [7, 11) is 1.93. The number of benzene rings is 1. The minimum atomic E-state index is -1.09. The van der Waals surface area contributed by atoms with Gasteiger partial charge in [0.05, 0.1) is 18.7 Å². The minimum Gasteiger partial charge on any atom is -0.476 e. The third-order valence-corrected chi connectivity index (χ3v) is 6.52. The van der Waals surface area contributed by atoms with Crippen molar-refractivity contribution in [3.05, 3.63) is 70.6 Å². The largest absolute Gasteiger partial charge is 0.476 e. The van der Waals surface area contributed by atoms with Gasteiger partial charge in [0.25, 0.3) is 0 Å². The zero-order valence-electron chi connectivity index (χ0n) is 23.5. The Hall–Kier alpha value is -3.35. The summed E-state index contributed by atoms with van der Waals surface area (Å²) in [6.45, 7) is 14.4. The second-order valence-corrected chi connectivity index (χ2v) is 11.2. The molecule has 7 nitrogen and oxygen atoms in total. The topological polar surface area (TPSA) is 82.5 Å². The Morgan fingerprint density at radius 2 is 1.89 bits per heavy atom. The van der Waals surface area contributed by atoms with Crippen LogP contribution in [0.1, 0.15) is 76.4 Å². The van der Waals surface area contributed by atoms with Crippen LogP contribution in [0.25, 0.3) is 0 Å². The number of allylic oxidation sites excluding steroid dienone is 4. The second kappa shape index (κ2) is 11.4. The fourth-order valence-corrected chi connectivity index (χ4v) is 4.36. The summed E-state index contributed by atoms with van der Waals surface area (Å²) >= 11 is 0. The van der Waals surface area contributed by atoms with E-state index in [2.05, 4.69) is 49.4 Å². The van der Waals surface area contributed by atoms with E-state index in [0.717, 1.165) is 28.9 Å². The van der Waals surface area contributed by atoms with Crippen molar-refractivity contribution in [2.75, 3.05) is 6.61 Å². The van der Waals surface area contributed by atoms with Gasteiger partial charge in [0.15, 0.2) is 5.60 Å². The summed E-state index contributed by atoms with van der Waals surface area (Å²) in [4.78, 5) is 24.8. The van der Waals surface area contributed by atoms with Crippen LogP contribution in [0.5, 0.6) is 5.75 Å². The Morgan fingerprint density at radius 1 is 1.16 bits per heavy atom. The van der Waals surface area contributed by atoms with Gasteiger partial charge in [-0.15, -0.1) is 0 Å². The zero-order valence-corrected chi connectivity index (χ0v) is 23.5. The number of aromatic nitrogens is 2. The summed E-state index contributed by atoms with van der Waals surface area (Å²) in [6, 6.07) is 7.69. The Labute approximate surface area is 220 Å². The first-order chi connectivity index (χ1) is 17.3. The molecule has 1 heterocycles. The van der Waals surface area contributed by atoms with Crippen LogP contribution >= 0.6 is 0 Å². The van der Waals surface area contributed by atoms with Gasteiger partial charge in [-0.3, -0.25) is 9.48 Å². The molecule has 1 aromatic heterocycles. The van der Waals surface area contributed by atoms with Gasteiger partial charge in [0.1, 0.15) is 5.75 Å². The molecule has 0 saturated heterocycles. The normalized spacial score (nSPS) is 15.8.